The van der Waals surface area contributed by atoms with E-state index in [0.29, 0.717) is 28.1 Å². The maximum absolute atomic E-state index is 5.72. The molecule has 0 spiro atoms. The topological polar surface area (TPSA) is 74.2 Å². The summed E-state index contributed by atoms with van der Waals surface area (Å²) in [5, 5.41) is 0.608. The second-order valence-corrected chi connectivity index (χ2v) is 5.09. The van der Waals surface area contributed by atoms with Crippen molar-refractivity contribution in [3.8, 4) is 5.88 Å². The summed E-state index contributed by atoms with van der Waals surface area (Å²) in [6, 6.07) is 9.29. The number of methoxy groups -OCH3 is 1. The second kappa shape index (κ2) is 5.42. The van der Waals surface area contributed by atoms with Crippen molar-refractivity contribution in [3.05, 3.63) is 42.1 Å². The maximum atomic E-state index is 5.72. The number of ether oxygens (including phenoxy) is 1. The van der Waals surface area contributed by atoms with Crippen LogP contribution in [0.4, 0.5) is 5.69 Å². The Morgan fingerprint density at radius 2 is 2.25 bits per heavy atom. The van der Waals surface area contributed by atoms with E-state index in [1.165, 1.54) is 11.8 Å². The molecule has 0 aliphatic carbocycles. The lowest BCUT2D eigenvalue weighted by Gasteiger charge is -2.04. The van der Waals surface area contributed by atoms with Gasteiger partial charge in [0.2, 0.25) is 5.88 Å². The zero-order valence-electron chi connectivity index (χ0n) is 10.9. The van der Waals surface area contributed by atoms with Gasteiger partial charge >= 0.3 is 0 Å². The highest BCUT2D eigenvalue weighted by Crippen LogP contribution is 2.29. The van der Waals surface area contributed by atoms with Crippen LogP contribution in [0, 0.1) is 0 Å². The average molecular weight is 287 g/mol. The number of fused-ring (bicyclic) bond motifs is 1. The molecule has 3 aromatic rings. The quantitative estimate of drug-likeness (QED) is 0.587. The molecule has 2 heterocycles. The summed E-state index contributed by atoms with van der Waals surface area (Å²) >= 11 is 1.50. The van der Waals surface area contributed by atoms with Gasteiger partial charge in [-0.2, -0.15) is 0 Å². The molecule has 0 fully saturated rings. The number of nitrogen functional groups attached to an aromatic ring is 1. The molecule has 3 rings (SSSR count). The maximum Gasteiger partial charge on any atom is 0.257 e. The average Bonchev–Trinajstić information content (AvgIpc) is 2.87. The summed E-state index contributed by atoms with van der Waals surface area (Å²) < 4.78 is 10.9. The molecule has 6 heteroatoms. The lowest BCUT2D eigenvalue weighted by Crippen LogP contribution is -1.92. The second-order valence-electron chi connectivity index (χ2n) is 4.17. The molecule has 0 bridgehead atoms. The van der Waals surface area contributed by atoms with Gasteiger partial charge in [0.1, 0.15) is 5.52 Å². The van der Waals surface area contributed by atoms with Crippen LogP contribution in [0.5, 0.6) is 5.88 Å². The predicted octanol–water partition coefficient (Wildman–Crippen LogP) is 3.11. The Hall–Kier alpha value is -2.21. The molecule has 2 aromatic heterocycles. The summed E-state index contributed by atoms with van der Waals surface area (Å²) in [6.45, 7) is 0. The molecule has 0 saturated heterocycles. The van der Waals surface area contributed by atoms with E-state index in [1.54, 1.807) is 19.4 Å². The van der Waals surface area contributed by atoms with E-state index >= 15 is 0 Å². The van der Waals surface area contributed by atoms with Crippen LogP contribution < -0.4 is 10.5 Å². The van der Waals surface area contributed by atoms with Gasteiger partial charge in [-0.05, 0) is 18.2 Å². The number of thioether (sulfide) groups is 1. The first kappa shape index (κ1) is 12.8. The molecule has 0 aliphatic rings. The third-order valence-corrected chi connectivity index (χ3v) is 3.66. The highest BCUT2D eigenvalue weighted by molar-refractivity contribution is 7.98. The molecule has 0 atom stereocenters. The van der Waals surface area contributed by atoms with Gasteiger partial charge in [0.15, 0.2) is 5.58 Å². The van der Waals surface area contributed by atoms with Crippen molar-refractivity contribution in [2.75, 3.05) is 12.8 Å². The van der Waals surface area contributed by atoms with Crippen molar-refractivity contribution >= 4 is 28.5 Å². The lowest BCUT2D eigenvalue weighted by molar-refractivity contribution is 0.394. The van der Waals surface area contributed by atoms with Crippen molar-refractivity contribution in [3.63, 3.8) is 0 Å². The predicted molar refractivity (Wildman–Crippen MR) is 78.8 cm³/mol. The SMILES string of the molecule is COc1ncccc1CSc1nc2ccc(N)cc2o1. The number of oxazole rings is 1. The number of nitrogens with zero attached hydrogens (tertiary/aromatic N) is 2. The van der Waals surface area contributed by atoms with Crippen molar-refractivity contribution < 1.29 is 9.15 Å². The van der Waals surface area contributed by atoms with Gasteiger partial charge in [-0.25, -0.2) is 9.97 Å². The van der Waals surface area contributed by atoms with Crippen LogP contribution in [0.25, 0.3) is 11.1 Å². The fraction of sp³-hybridized carbons (Fsp3) is 0.143. The fourth-order valence-electron chi connectivity index (χ4n) is 1.84. The molecule has 5 nitrogen and oxygen atoms in total. The molecule has 2 N–H and O–H groups in total. The molecule has 0 radical (unpaired) electrons. The van der Waals surface area contributed by atoms with Gasteiger partial charge in [0.25, 0.3) is 5.22 Å². The molecule has 0 amide bonds. The Bertz CT molecular complexity index is 742. The summed E-state index contributed by atoms with van der Waals surface area (Å²) in [5.74, 6) is 1.31. The number of nitrogens with two attached hydrogens (primary N) is 1. The highest BCUT2D eigenvalue weighted by atomic mass is 32.2. The normalized spacial score (nSPS) is 10.8. The summed E-state index contributed by atoms with van der Waals surface area (Å²) in [7, 11) is 1.61. The van der Waals surface area contributed by atoms with Crippen LogP contribution in [0.3, 0.4) is 0 Å². The van der Waals surface area contributed by atoms with Gasteiger partial charge < -0.3 is 14.9 Å². The molecule has 0 saturated carbocycles. The van der Waals surface area contributed by atoms with Gasteiger partial charge in [-0.3, -0.25) is 0 Å². The lowest BCUT2D eigenvalue weighted by atomic mass is 10.3. The van der Waals surface area contributed by atoms with E-state index in [1.807, 2.05) is 24.3 Å². The number of benzene rings is 1. The number of hydrogen-bond acceptors (Lipinski definition) is 6. The van der Waals surface area contributed by atoms with Gasteiger partial charge in [-0.1, -0.05) is 17.8 Å². The van der Waals surface area contributed by atoms with Crippen LogP contribution in [-0.4, -0.2) is 17.1 Å². The Morgan fingerprint density at radius 3 is 3.10 bits per heavy atom. The third-order valence-electron chi connectivity index (χ3n) is 2.79. The third kappa shape index (κ3) is 2.55. The minimum absolute atomic E-state index is 0.608. The van der Waals surface area contributed by atoms with Crippen LogP contribution in [0.2, 0.25) is 0 Å². The summed E-state index contributed by atoms with van der Waals surface area (Å²) in [5.41, 5.74) is 8.89. The Kier molecular flexibility index (Phi) is 3.47. The molecular weight excluding hydrogens is 274 g/mol. The van der Waals surface area contributed by atoms with Crippen molar-refractivity contribution in [2.45, 2.75) is 11.0 Å². The first-order valence-corrected chi connectivity index (χ1v) is 7.01. The molecule has 20 heavy (non-hydrogen) atoms. The van der Waals surface area contributed by atoms with E-state index in [-0.39, 0.29) is 0 Å². The number of anilines is 1. The molecule has 102 valence electrons. The monoisotopic (exact) mass is 287 g/mol. The van der Waals surface area contributed by atoms with E-state index in [0.717, 1.165) is 11.1 Å². The van der Waals surface area contributed by atoms with Crippen LogP contribution in [-0.2, 0) is 5.75 Å². The van der Waals surface area contributed by atoms with Crippen LogP contribution in [0.1, 0.15) is 5.56 Å². The van der Waals surface area contributed by atoms with Crippen LogP contribution in [0.15, 0.2) is 46.2 Å². The first-order valence-electron chi connectivity index (χ1n) is 6.03. The van der Waals surface area contributed by atoms with Gasteiger partial charge in [0, 0.05) is 29.3 Å². The summed E-state index contributed by atoms with van der Waals surface area (Å²) in [4.78, 5) is 8.56. The largest absolute Gasteiger partial charge is 0.481 e. The number of hydrogen-bond donors (Lipinski definition) is 1. The first-order chi connectivity index (χ1) is 9.76. The van der Waals surface area contributed by atoms with Crippen LogP contribution >= 0.6 is 11.8 Å². The fourth-order valence-corrected chi connectivity index (χ4v) is 2.65. The summed E-state index contributed by atoms with van der Waals surface area (Å²) in [6.07, 6.45) is 1.70. The molecule has 0 aliphatic heterocycles. The molecule has 1 aromatic carbocycles. The number of pyridine rings is 1. The zero-order chi connectivity index (χ0) is 13.9. The standard InChI is InChI=1S/C14H13N3O2S/c1-18-13-9(3-2-6-16-13)8-20-14-17-11-5-4-10(15)7-12(11)19-14/h2-7H,8,15H2,1H3. The number of aromatic nitrogens is 2. The van der Waals surface area contributed by atoms with Gasteiger partial charge in [0.05, 0.1) is 7.11 Å². The minimum atomic E-state index is 0.608. The smallest absolute Gasteiger partial charge is 0.257 e. The van der Waals surface area contributed by atoms with E-state index in [2.05, 4.69) is 9.97 Å². The van der Waals surface area contributed by atoms with E-state index in [4.69, 9.17) is 14.9 Å². The van der Waals surface area contributed by atoms with E-state index in [9.17, 15) is 0 Å². The molecule has 0 unspecified atom stereocenters. The Morgan fingerprint density at radius 1 is 1.35 bits per heavy atom. The van der Waals surface area contributed by atoms with Crippen molar-refractivity contribution in [1.82, 2.24) is 9.97 Å². The highest BCUT2D eigenvalue weighted by Gasteiger charge is 2.09. The zero-order valence-corrected chi connectivity index (χ0v) is 11.7. The van der Waals surface area contributed by atoms with E-state index < -0.39 is 0 Å². The molecular formula is C14H13N3O2S. The van der Waals surface area contributed by atoms with Gasteiger partial charge in [-0.15, -0.1) is 0 Å². The minimum Gasteiger partial charge on any atom is -0.481 e. The Balaban J connectivity index is 1.79. The van der Waals surface area contributed by atoms with Crippen molar-refractivity contribution in [2.24, 2.45) is 0 Å². The Labute approximate surface area is 120 Å². The van der Waals surface area contributed by atoms with Crippen molar-refractivity contribution in [1.29, 1.82) is 0 Å². The number of rotatable bonds is 4.